The summed E-state index contributed by atoms with van der Waals surface area (Å²) in [5.41, 5.74) is 1.24. The van der Waals surface area contributed by atoms with E-state index in [-0.39, 0.29) is 0 Å². The van der Waals surface area contributed by atoms with E-state index in [1.165, 1.54) is 18.4 Å². The molecule has 2 aromatic rings. The summed E-state index contributed by atoms with van der Waals surface area (Å²) >= 11 is 3.46. The van der Waals surface area contributed by atoms with Crippen LogP contribution in [0.25, 0.3) is 10.8 Å². The molecule has 0 unspecified atom stereocenters. The highest BCUT2D eigenvalue weighted by Gasteiger charge is 2.09. The molecule has 0 atom stereocenters. The third-order valence-electron chi connectivity index (χ3n) is 3.70. The van der Waals surface area contributed by atoms with E-state index < -0.39 is 0 Å². The van der Waals surface area contributed by atoms with E-state index in [4.69, 9.17) is 9.47 Å². The van der Waals surface area contributed by atoms with E-state index >= 15 is 0 Å². The average molecular weight is 379 g/mol. The number of hydrogen-bond acceptors (Lipinski definition) is 2. The first-order chi connectivity index (χ1) is 11.1. The zero-order chi connectivity index (χ0) is 16.7. The van der Waals surface area contributed by atoms with Gasteiger partial charge in [0.25, 0.3) is 0 Å². The molecule has 0 saturated carbocycles. The van der Waals surface area contributed by atoms with Crippen LogP contribution in [0.3, 0.4) is 0 Å². The number of halogens is 1. The van der Waals surface area contributed by atoms with Crippen LogP contribution in [0, 0.1) is 12.8 Å². The number of alkyl halides is 1. The smallest absolute Gasteiger partial charge is 0.127 e. The van der Waals surface area contributed by atoms with Crippen molar-refractivity contribution in [3.63, 3.8) is 0 Å². The highest BCUT2D eigenvalue weighted by Crippen LogP contribution is 2.34. The molecule has 0 aliphatic rings. The summed E-state index contributed by atoms with van der Waals surface area (Å²) in [5, 5.41) is 3.35. The lowest BCUT2D eigenvalue weighted by Gasteiger charge is -2.15. The van der Waals surface area contributed by atoms with Crippen LogP contribution in [0.2, 0.25) is 0 Å². The van der Waals surface area contributed by atoms with E-state index in [0.717, 1.165) is 47.2 Å². The van der Waals surface area contributed by atoms with Gasteiger partial charge < -0.3 is 9.47 Å². The van der Waals surface area contributed by atoms with Crippen LogP contribution in [-0.2, 0) is 0 Å². The third kappa shape index (κ3) is 5.42. The largest absolute Gasteiger partial charge is 0.493 e. The van der Waals surface area contributed by atoms with Gasteiger partial charge in [0.2, 0.25) is 0 Å². The Morgan fingerprint density at radius 2 is 1.65 bits per heavy atom. The van der Waals surface area contributed by atoms with Gasteiger partial charge in [0, 0.05) is 16.1 Å². The second-order valence-corrected chi connectivity index (χ2v) is 7.21. The Labute approximate surface area is 148 Å². The van der Waals surface area contributed by atoms with E-state index in [9.17, 15) is 0 Å². The van der Waals surface area contributed by atoms with Gasteiger partial charge in [-0.15, -0.1) is 0 Å². The SMILES string of the molecule is Cc1ccc2c(OCC(C)C)ccc(OCCCCCBr)c2c1. The van der Waals surface area contributed by atoms with Gasteiger partial charge in [-0.2, -0.15) is 0 Å². The molecule has 2 nitrogen and oxygen atoms in total. The Morgan fingerprint density at radius 1 is 0.913 bits per heavy atom. The van der Waals surface area contributed by atoms with Gasteiger partial charge in [-0.3, -0.25) is 0 Å². The molecular formula is C20H27BrO2. The number of aryl methyl sites for hydroxylation is 1. The molecule has 0 heterocycles. The van der Waals surface area contributed by atoms with Crippen molar-refractivity contribution < 1.29 is 9.47 Å². The number of benzene rings is 2. The molecule has 0 aliphatic carbocycles. The number of fused-ring (bicyclic) bond motifs is 1. The van der Waals surface area contributed by atoms with Gasteiger partial charge in [-0.25, -0.2) is 0 Å². The Kier molecular flexibility index (Phi) is 7.22. The zero-order valence-electron chi connectivity index (χ0n) is 14.4. The predicted molar refractivity (Wildman–Crippen MR) is 102 cm³/mol. The maximum absolute atomic E-state index is 6.03. The monoisotopic (exact) mass is 378 g/mol. The standard InChI is InChI=1S/C20H27BrO2/c1-15(2)14-23-19-9-10-20(22-12-6-4-5-11-21)18-13-16(3)7-8-17(18)19/h7-10,13,15H,4-6,11-12,14H2,1-3H3. The molecule has 0 radical (unpaired) electrons. The Bertz CT molecular complexity index is 622. The van der Waals surface area contributed by atoms with E-state index in [0.29, 0.717) is 5.92 Å². The minimum atomic E-state index is 0.515. The number of ether oxygens (including phenoxy) is 2. The lowest BCUT2D eigenvalue weighted by molar-refractivity contribution is 0.273. The summed E-state index contributed by atoms with van der Waals surface area (Å²) in [6, 6.07) is 10.5. The molecule has 2 aromatic carbocycles. The maximum Gasteiger partial charge on any atom is 0.127 e. The van der Waals surface area contributed by atoms with Crippen molar-refractivity contribution in [3.05, 3.63) is 35.9 Å². The van der Waals surface area contributed by atoms with Gasteiger partial charge in [-0.05, 0) is 50.3 Å². The highest BCUT2D eigenvalue weighted by atomic mass is 79.9. The van der Waals surface area contributed by atoms with Crippen LogP contribution in [0.15, 0.2) is 30.3 Å². The first kappa shape index (κ1) is 18.1. The van der Waals surface area contributed by atoms with Crippen molar-refractivity contribution in [2.45, 2.75) is 40.0 Å². The van der Waals surface area contributed by atoms with Crippen molar-refractivity contribution in [2.75, 3.05) is 18.5 Å². The molecular weight excluding hydrogens is 352 g/mol. The molecule has 0 spiro atoms. The molecule has 23 heavy (non-hydrogen) atoms. The number of unbranched alkanes of at least 4 members (excludes halogenated alkanes) is 2. The summed E-state index contributed by atoms with van der Waals surface area (Å²) in [6.07, 6.45) is 3.48. The maximum atomic E-state index is 6.03. The molecule has 0 aromatic heterocycles. The van der Waals surface area contributed by atoms with Gasteiger partial charge in [-0.1, -0.05) is 47.5 Å². The van der Waals surface area contributed by atoms with Gasteiger partial charge >= 0.3 is 0 Å². The lowest BCUT2D eigenvalue weighted by atomic mass is 10.1. The van der Waals surface area contributed by atoms with Gasteiger partial charge in [0.05, 0.1) is 13.2 Å². The van der Waals surface area contributed by atoms with Crippen molar-refractivity contribution in [3.8, 4) is 11.5 Å². The van der Waals surface area contributed by atoms with Crippen LogP contribution in [0.4, 0.5) is 0 Å². The minimum absolute atomic E-state index is 0.515. The zero-order valence-corrected chi connectivity index (χ0v) is 16.0. The molecule has 3 heteroatoms. The van der Waals surface area contributed by atoms with Crippen LogP contribution in [0.5, 0.6) is 11.5 Å². The lowest BCUT2D eigenvalue weighted by Crippen LogP contribution is -2.05. The van der Waals surface area contributed by atoms with E-state index in [1.807, 2.05) is 12.1 Å². The summed E-state index contributed by atoms with van der Waals surface area (Å²) in [7, 11) is 0. The summed E-state index contributed by atoms with van der Waals surface area (Å²) in [4.78, 5) is 0. The summed E-state index contributed by atoms with van der Waals surface area (Å²) < 4.78 is 12.0. The first-order valence-electron chi connectivity index (χ1n) is 8.46. The van der Waals surface area contributed by atoms with Gasteiger partial charge in [0.15, 0.2) is 0 Å². The third-order valence-corrected chi connectivity index (χ3v) is 4.26. The average Bonchev–Trinajstić information content (AvgIpc) is 2.53. The van der Waals surface area contributed by atoms with Gasteiger partial charge in [0.1, 0.15) is 11.5 Å². The molecule has 0 amide bonds. The van der Waals surface area contributed by atoms with Crippen LogP contribution in [-0.4, -0.2) is 18.5 Å². The topological polar surface area (TPSA) is 18.5 Å². The second-order valence-electron chi connectivity index (χ2n) is 6.41. The van der Waals surface area contributed by atoms with Crippen molar-refractivity contribution in [1.82, 2.24) is 0 Å². The molecule has 2 rings (SSSR count). The Hall–Kier alpha value is -1.22. The normalized spacial score (nSPS) is 11.2. The number of rotatable bonds is 9. The van der Waals surface area contributed by atoms with E-state index in [2.05, 4.69) is 54.9 Å². The highest BCUT2D eigenvalue weighted by molar-refractivity contribution is 9.09. The van der Waals surface area contributed by atoms with Crippen LogP contribution >= 0.6 is 15.9 Å². The quantitative estimate of drug-likeness (QED) is 0.386. The fraction of sp³-hybridized carbons (Fsp3) is 0.500. The van der Waals surface area contributed by atoms with Crippen molar-refractivity contribution in [1.29, 1.82) is 0 Å². The molecule has 0 bridgehead atoms. The fourth-order valence-electron chi connectivity index (χ4n) is 2.47. The summed E-state index contributed by atoms with van der Waals surface area (Å²) in [5.74, 6) is 2.42. The van der Waals surface area contributed by atoms with Crippen LogP contribution < -0.4 is 9.47 Å². The molecule has 126 valence electrons. The second kappa shape index (κ2) is 9.17. The summed E-state index contributed by atoms with van der Waals surface area (Å²) in [6.45, 7) is 7.94. The van der Waals surface area contributed by atoms with Crippen molar-refractivity contribution in [2.24, 2.45) is 5.92 Å². The van der Waals surface area contributed by atoms with Crippen molar-refractivity contribution >= 4 is 26.7 Å². The van der Waals surface area contributed by atoms with E-state index in [1.54, 1.807) is 0 Å². The van der Waals surface area contributed by atoms with Crippen LogP contribution in [0.1, 0.15) is 38.7 Å². The first-order valence-corrected chi connectivity index (χ1v) is 9.59. The molecule has 0 fully saturated rings. The predicted octanol–water partition coefficient (Wildman–Crippen LogP) is 6.13. The molecule has 0 N–H and O–H groups in total. The molecule has 0 aliphatic heterocycles. The molecule has 0 saturated heterocycles. The number of hydrogen-bond donors (Lipinski definition) is 0. The minimum Gasteiger partial charge on any atom is -0.493 e. The Balaban J connectivity index is 2.17. The fourth-order valence-corrected chi connectivity index (χ4v) is 2.87. The Morgan fingerprint density at radius 3 is 2.35 bits per heavy atom.